The molecule has 0 fully saturated rings. The molecule has 6 nitrogen and oxygen atoms in total. The van der Waals surface area contributed by atoms with E-state index in [1.165, 1.54) is 12.0 Å². The summed E-state index contributed by atoms with van der Waals surface area (Å²) in [5, 5.41) is 0. The van der Waals surface area contributed by atoms with Crippen LogP contribution in [0.15, 0.2) is 30.5 Å². The number of hydrogen-bond acceptors (Lipinski definition) is 5. The highest BCUT2D eigenvalue weighted by atomic mass is 16.6. The lowest BCUT2D eigenvalue weighted by atomic mass is 10.0. The Labute approximate surface area is 142 Å². The van der Waals surface area contributed by atoms with Crippen molar-refractivity contribution in [2.24, 2.45) is 0 Å². The summed E-state index contributed by atoms with van der Waals surface area (Å²) in [4.78, 5) is 25.8. The first-order chi connectivity index (χ1) is 11.3. The van der Waals surface area contributed by atoms with Crippen LogP contribution in [-0.2, 0) is 14.3 Å². The number of nitrogens with zero attached hydrogens (tertiary/aromatic N) is 1. The van der Waals surface area contributed by atoms with Crippen LogP contribution in [0.1, 0.15) is 32.8 Å². The van der Waals surface area contributed by atoms with Gasteiger partial charge in [-0.25, -0.2) is 9.59 Å². The van der Waals surface area contributed by atoms with Gasteiger partial charge in [-0.3, -0.25) is 4.90 Å². The average Bonchev–Trinajstić information content (AvgIpc) is 2.97. The van der Waals surface area contributed by atoms with Crippen LogP contribution in [0.25, 0.3) is 5.57 Å². The fourth-order valence-electron chi connectivity index (χ4n) is 2.53. The minimum Gasteiger partial charge on any atom is -0.496 e. The van der Waals surface area contributed by atoms with Crippen molar-refractivity contribution in [3.8, 4) is 5.75 Å². The molecule has 0 bridgehead atoms. The smallest absolute Gasteiger partial charge is 0.415 e. The molecule has 0 radical (unpaired) electrons. The van der Waals surface area contributed by atoms with Crippen LogP contribution in [0, 0.1) is 0 Å². The second-order valence-corrected chi connectivity index (χ2v) is 6.49. The third kappa shape index (κ3) is 3.88. The van der Waals surface area contributed by atoms with Crippen LogP contribution in [0.5, 0.6) is 5.75 Å². The maximum Gasteiger partial charge on any atom is 0.415 e. The van der Waals surface area contributed by atoms with Crippen LogP contribution in [-0.4, -0.2) is 42.8 Å². The van der Waals surface area contributed by atoms with E-state index in [9.17, 15) is 9.59 Å². The van der Waals surface area contributed by atoms with Crippen molar-refractivity contribution in [2.75, 3.05) is 14.2 Å². The lowest BCUT2D eigenvalue weighted by Crippen LogP contribution is -2.42. The predicted molar refractivity (Wildman–Crippen MR) is 89.5 cm³/mol. The molecule has 24 heavy (non-hydrogen) atoms. The SMILES string of the molecule is COC(=O)[C@@H]1CC(c2ccccc2OC)=CN1C(=O)OC(C)(C)C. The van der Waals surface area contributed by atoms with Gasteiger partial charge in [0.15, 0.2) is 0 Å². The summed E-state index contributed by atoms with van der Waals surface area (Å²) in [7, 11) is 2.88. The topological polar surface area (TPSA) is 65.1 Å². The van der Waals surface area contributed by atoms with Gasteiger partial charge in [-0.1, -0.05) is 18.2 Å². The highest BCUT2D eigenvalue weighted by molar-refractivity contribution is 5.89. The minimum atomic E-state index is -0.746. The molecule has 0 saturated carbocycles. The number of esters is 1. The van der Waals surface area contributed by atoms with Crippen LogP contribution in [0.3, 0.4) is 0 Å². The van der Waals surface area contributed by atoms with E-state index in [1.807, 2.05) is 24.3 Å². The molecule has 130 valence electrons. The zero-order chi connectivity index (χ0) is 17.9. The largest absolute Gasteiger partial charge is 0.496 e. The van der Waals surface area contributed by atoms with Crippen LogP contribution in [0.4, 0.5) is 4.79 Å². The Kier molecular flexibility index (Phi) is 5.17. The number of hydrogen-bond donors (Lipinski definition) is 0. The molecule has 2 rings (SSSR count). The van der Waals surface area contributed by atoms with Gasteiger partial charge in [-0.05, 0) is 32.4 Å². The minimum absolute atomic E-state index is 0.340. The van der Waals surface area contributed by atoms with Gasteiger partial charge < -0.3 is 14.2 Å². The van der Waals surface area contributed by atoms with Crippen molar-refractivity contribution in [1.29, 1.82) is 0 Å². The number of para-hydroxylation sites is 1. The molecule has 1 aromatic carbocycles. The molecule has 0 spiro atoms. The number of amides is 1. The van der Waals surface area contributed by atoms with E-state index in [-0.39, 0.29) is 0 Å². The Bertz CT molecular complexity index is 660. The Hall–Kier alpha value is -2.50. The van der Waals surface area contributed by atoms with Crippen molar-refractivity contribution in [3.63, 3.8) is 0 Å². The third-order valence-corrected chi connectivity index (χ3v) is 3.57. The summed E-state index contributed by atoms with van der Waals surface area (Å²) >= 11 is 0. The van der Waals surface area contributed by atoms with Crippen molar-refractivity contribution in [3.05, 3.63) is 36.0 Å². The van der Waals surface area contributed by atoms with E-state index in [0.29, 0.717) is 12.2 Å². The van der Waals surface area contributed by atoms with Crippen LogP contribution in [0.2, 0.25) is 0 Å². The number of rotatable bonds is 3. The molecule has 0 saturated heterocycles. The third-order valence-electron chi connectivity index (χ3n) is 3.57. The van der Waals surface area contributed by atoms with Gasteiger partial charge in [0.1, 0.15) is 17.4 Å². The standard InChI is InChI=1S/C18H23NO5/c1-18(2,3)24-17(21)19-11-12(10-14(19)16(20)23-5)13-8-6-7-9-15(13)22-4/h6-9,11,14H,10H2,1-5H3/t14-/m0/s1. The van der Waals surface area contributed by atoms with Gasteiger partial charge in [-0.15, -0.1) is 0 Å². The Morgan fingerprint density at radius 1 is 1.17 bits per heavy atom. The van der Waals surface area contributed by atoms with Gasteiger partial charge >= 0.3 is 12.1 Å². The van der Waals surface area contributed by atoms with Gasteiger partial charge in [0.2, 0.25) is 0 Å². The quantitative estimate of drug-likeness (QED) is 0.795. The van der Waals surface area contributed by atoms with Crippen molar-refractivity contribution in [1.82, 2.24) is 4.90 Å². The van der Waals surface area contributed by atoms with E-state index < -0.39 is 23.7 Å². The number of benzene rings is 1. The Morgan fingerprint density at radius 3 is 2.42 bits per heavy atom. The monoisotopic (exact) mass is 333 g/mol. The van der Waals surface area contributed by atoms with Crippen molar-refractivity contribution >= 4 is 17.6 Å². The summed E-state index contributed by atoms with van der Waals surface area (Å²) in [6.07, 6.45) is 1.39. The fraction of sp³-hybridized carbons (Fsp3) is 0.444. The lowest BCUT2D eigenvalue weighted by molar-refractivity contribution is -0.145. The molecule has 0 aromatic heterocycles. The summed E-state index contributed by atoms with van der Waals surface area (Å²) in [5.41, 5.74) is 0.993. The fourth-order valence-corrected chi connectivity index (χ4v) is 2.53. The molecule has 1 atom stereocenters. The first-order valence-corrected chi connectivity index (χ1v) is 7.70. The number of carbonyl (C=O) groups excluding carboxylic acids is 2. The van der Waals surface area contributed by atoms with E-state index in [1.54, 1.807) is 34.1 Å². The molecule has 1 amide bonds. The van der Waals surface area contributed by atoms with E-state index in [0.717, 1.165) is 11.1 Å². The van der Waals surface area contributed by atoms with Crippen molar-refractivity contribution in [2.45, 2.75) is 38.8 Å². The first kappa shape index (κ1) is 17.8. The molecule has 0 unspecified atom stereocenters. The van der Waals surface area contributed by atoms with Gasteiger partial charge in [0, 0.05) is 18.2 Å². The maximum atomic E-state index is 12.4. The van der Waals surface area contributed by atoms with E-state index in [4.69, 9.17) is 14.2 Å². The number of methoxy groups -OCH3 is 2. The molecule has 6 heteroatoms. The lowest BCUT2D eigenvalue weighted by Gasteiger charge is -2.26. The average molecular weight is 333 g/mol. The molecular formula is C18H23NO5. The number of carbonyl (C=O) groups is 2. The summed E-state index contributed by atoms with van der Waals surface area (Å²) < 4.78 is 15.6. The summed E-state index contributed by atoms with van der Waals surface area (Å²) in [5.74, 6) is 0.195. The second kappa shape index (κ2) is 6.95. The molecule has 0 N–H and O–H groups in total. The molecule has 0 aliphatic carbocycles. The van der Waals surface area contributed by atoms with Gasteiger partial charge in [0.25, 0.3) is 0 Å². The maximum absolute atomic E-state index is 12.4. The first-order valence-electron chi connectivity index (χ1n) is 7.70. The van der Waals surface area contributed by atoms with Crippen LogP contribution < -0.4 is 4.74 Å². The van der Waals surface area contributed by atoms with Gasteiger partial charge in [-0.2, -0.15) is 0 Å². The van der Waals surface area contributed by atoms with Gasteiger partial charge in [0.05, 0.1) is 14.2 Å². The highest BCUT2D eigenvalue weighted by Crippen LogP contribution is 2.35. The Morgan fingerprint density at radius 2 is 1.83 bits per heavy atom. The Balaban J connectivity index is 2.36. The summed E-state index contributed by atoms with van der Waals surface area (Å²) in [6, 6.07) is 6.71. The van der Waals surface area contributed by atoms with E-state index >= 15 is 0 Å². The normalized spacial score (nSPS) is 17.3. The van der Waals surface area contributed by atoms with Crippen LogP contribution >= 0.6 is 0 Å². The zero-order valence-corrected chi connectivity index (χ0v) is 14.7. The number of ether oxygens (including phenoxy) is 3. The van der Waals surface area contributed by atoms with E-state index in [2.05, 4.69) is 0 Å². The van der Waals surface area contributed by atoms with Crippen molar-refractivity contribution < 1.29 is 23.8 Å². The molecule has 1 aliphatic rings. The second-order valence-electron chi connectivity index (χ2n) is 6.49. The predicted octanol–water partition coefficient (Wildman–Crippen LogP) is 3.22. The zero-order valence-electron chi connectivity index (χ0n) is 14.7. The molecule has 1 heterocycles. The molecule has 1 aliphatic heterocycles. The molecule has 1 aromatic rings. The molecular weight excluding hydrogens is 310 g/mol. The summed E-state index contributed by atoms with van der Waals surface area (Å²) in [6.45, 7) is 5.33. The highest BCUT2D eigenvalue weighted by Gasteiger charge is 2.38.